The normalized spacial score (nSPS) is 26.9. The average Bonchev–Trinajstić information content (AvgIpc) is 2.84. The Kier molecular flexibility index (Phi) is 4.64. The molecule has 16 heavy (non-hydrogen) atoms. The van der Waals surface area contributed by atoms with Crippen LogP contribution in [0.5, 0.6) is 0 Å². The summed E-state index contributed by atoms with van der Waals surface area (Å²) in [5.74, 6) is 0.257. The van der Waals surface area contributed by atoms with Crippen LogP contribution in [0.4, 0.5) is 0 Å². The van der Waals surface area contributed by atoms with Crippen molar-refractivity contribution in [3.8, 4) is 0 Å². The van der Waals surface area contributed by atoms with Gasteiger partial charge in [-0.15, -0.1) is 0 Å². The molecule has 92 valence electrons. The van der Waals surface area contributed by atoms with E-state index in [2.05, 4.69) is 5.32 Å². The number of piperidine rings is 1. The Morgan fingerprint density at radius 2 is 1.88 bits per heavy atom. The van der Waals surface area contributed by atoms with E-state index in [0.717, 1.165) is 25.8 Å². The molecule has 1 saturated carbocycles. The predicted molar refractivity (Wildman–Crippen MR) is 63.2 cm³/mol. The van der Waals surface area contributed by atoms with Crippen LogP contribution in [0.25, 0.3) is 0 Å². The van der Waals surface area contributed by atoms with Crippen LogP contribution in [-0.2, 0) is 9.53 Å². The summed E-state index contributed by atoms with van der Waals surface area (Å²) in [7, 11) is 0. The molecule has 3 heteroatoms. The minimum atomic E-state index is 0.0494. The highest BCUT2D eigenvalue weighted by atomic mass is 16.5. The summed E-state index contributed by atoms with van der Waals surface area (Å²) in [4.78, 5) is 11.6. The molecule has 0 bridgehead atoms. The second kappa shape index (κ2) is 6.24. The SMILES string of the molecule is O=C(OCC[C@@H]1CCCCN1)C1CCCC1. The molecule has 0 radical (unpaired) electrons. The molecule has 0 unspecified atom stereocenters. The molecule has 0 aromatic rings. The second-order valence-corrected chi connectivity index (χ2v) is 5.08. The van der Waals surface area contributed by atoms with Crippen LogP contribution in [0, 0.1) is 5.92 Å². The van der Waals surface area contributed by atoms with Gasteiger partial charge in [-0.3, -0.25) is 4.79 Å². The summed E-state index contributed by atoms with van der Waals surface area (Å²) in [5.41, 5.74) is 0. The Balaban J connectivity index is 1.57. The zero-order valence-corrected chi connectivity index (χ0v) is 10.0. The molecule has 1 N–H and O–H groups in total. The topological polar surface area (TPSA) is 38.3 Å². The van der Waals surface area contributed by atoms with Crippen LogP contribution in [0.3, 0.4) is 0 Å². The fourth-order valence-corrected chi connectivity index (χ4v) is 2.75. The third-order valence-electron chi connectivity index (χ3n) is 3.81. The number of nitrogens with one attached hydrogen (secondary N) is 1. The van der Waals surface area contributed by atoms with Crippen LogP contribution in [0.2, 0.25) is 0 Å². The number of hydrogen-bond acceptors (Lipinski definition) is 3. The van der Waals surface area contributed by atoms with E-state index in [0.29, 0.717) is 12.6 Å². The van der Waals surface area contributed by atoms with Gasteiger partial charge in [0.2, 0.25) is 0 Å². The number of ether oxygens (including phenoxy) is 1. The van der Waals surface area contributed by atoms with Crippen LogP contribution in [-0.4, -0.2) is 25.2 Å². The first kappa shape index (κ1) is 11.9. The highest BCUT2D eigenvalue weighted by Gasteiger charge is 2.24. The predicted octanol–water partition coefficient (Wildman–Crippen LogP) is 2.25. The van der Waals surface area contributed by atoms with Gasteiger partial charge in [0.1, 0.15) is 0 Å². The Morgan fingerprint density at radius 1 is 1.12 bits per heavy atom. The first-order chi connectivity index (χ1) is 7.86. The summed E-state index contributed by atoms with van der Waals surface area (Å²) in [6.45, 7) is 1.73. The second-order valence-electron chi connectivity index (χ2n) is 5.08. The zero-order chi connectivity index (χ0) is 11.2. The molecular formula is C13H23NO2. The molecule has 1 atom stereocenters. The molecule has 0 aromatic heterocycles. The smallest absolute Gasteiger partial charge is 0.308 e. The minimum absolute atomic E-state index is 0.0494. The van der Waals surface area contributed by atoms with Crippen LogP contribution in [0.1, 0.15) is 51.4 Å². The van der Waals surface area contributed by atoms with Gasteiger partial charge in [-0.05, 0) is 38.6 Å². The van der Waals surface area contributed by atoms with Gasteiger partial charge in [0.05, 0.1) is 12.5 Å². The fraction of sp³-hybridized carbons (Fsp3) is 0.923. The maximum atomic E-state index is 11.6. The van der Waals surface area contributed by atoms with Crippen molar-refractivity contribution in [2.75, 3.05) is 13.2 Å². The van der Waals surface area contributed by atoms with Crippen molar-refractivity contribution in [2.24, 2.45) is 5.92 Å². The maximum Gasteiger partial charge on any atom is 0.308 e. The van der Waals surface area contributed by atoms with Crippen molar-refractivity contribution >= 4 is 5.97 Å². The van der Waals surface area contributed by atoms with E-state index in [1.54, 1.807) is 0 Å². The van der Waals surface area contributed by atoms with Gasteiger partial charge >= 0.3 is 5.97 Å². The molecule has 1 saturated heterocycles. The molecule has 1 aliphatic carbocycles. The van der Waals surface area contributed by atoms with E-state index in [9.17, 15) is 4.79 Å². The zero-order valence-electron chi connectivity index (χ0n) is 10.0. The van der Waals surface area contributed by atoms with Crippen molar-refractivity contribution in [3.05, 3.63) is 0 Å². The Labute approximate surface area is 97.9 Å². The largest absolute Gasteiger partial charge is 0.465 e. The van der Waals surface area contributed by atoms with Crippen molar-refractivity contribution < 1.29 is 9.53 Å². The van der Waals surface area contributed by atoms with Gasteiger partial charge in [0, 0.05) is 6.04 Å². The van der Waals surface area contributed by atoms with Crippen molar-refractivity contribution in [1.82, 2.24) is 5.32 Å². The molecule has 3 nitrogen and oxygen atoms in total. The van der Waals surface area contributed by atoms with Crippen molar-refractivity contribution in [2.45, 2.75) is 57.4 Å². The van der Waals surface area contributed by atoms with Crippen molar-refractivity contribution in [1.29, 1.82) is 0 Å². The fourth-order valence-electron chi connectivity index (χ4n) is 2.75. The molecule has 2 rings (SSSR count). The summed E-state index contributed by atoms with van der Waals surface area (Å²) < 4.78 is 5.35. The lowest BCUT2D eigenvalue weighted by molar-refractivity contribution is -0.148. The van der Waals surface area contributed by atoms with Gasteiger partial charge in [0.15, 0.2) is 0 Å². The highest BCUT2D eigenvalue weighted by molar-refractivity contribution is 5.72. The summed E-state index contributed by atoms with van der Waals surface area (Å²) in [5, 5.41) is 3.47. The van der Waals surface area contributed by atoms with E-state index >= 15 is 0 Å². The number of rotatable bonds is 4. The first-order valence-corrected chi connectivity index (χ1v) is 6.76. The molecular weight excluding hydrogens is 202 g/mol. The van der Waals surface area contributed by atoms with E-state index in [1.165, 1.54) is 32.1 Å². The van der Waals surface area contributed by atoms with Crippen LogP contribution in [0.15, 0.2) is 0 Å². The van der Waals surface area contributed by atoms with E-state index < -0.39 is 0 Å². The highest BCUT2D eigenvalue weighted by Crippen LogP contribution is 2.25. The third kappa shape index (κ3) is 3.48. The van der Waals surface area contributed by atoms with E-state index in [-0.39, 0.29) is 11.9 Å². The van der Waals surface area contributed by atoms with Gasteiger partial charge < -0.3 is 10.1 Å². The number of carbonyl (C=O) groups is 1. The Morgan fingerprint density at radius 3 is 2.56 bits per heavy atom. The number of carbonyl (C=O) groups excluding carboxylic acids is 1. The van der Waals surface area contributed by atoms with Gasteiger partial charge in [-0.25, -0.2) is 0 Å². The van der Waals surface area contributed by atoms with E-state index in [1.807, 2.05) is 0 Å². The molecule has 1 heterocycles. The van der Waals surface area contributed by atoms with Gasteiger partial charge in [0.25, 0.3) is 0 Å². The standard InChI is InChI=1S/C13H23NO2/c15-13(11-5-1-2-6-11)16-10-8-12-7-3-4-9-14-12/h11-12,14H,1-10H2/t12-/m0/s1. The monoisotopic (exact) mass is 225 g/mol. The first-order valence-electron chi connectivity index (χ1n) is 6.76. The van der Waals surface area contributed by atoms with Crippen molar-refractivity contribution in [3.63, 3.8) is 0 Å². The van der Waals surface area contributed by atoms with Gasteiger partial charge in [-0.1, -0.05) is 19.3 Å². The lowest BCUT2D eigenvalue weighted by Crippen LogP contribution is -2.35. The maximum absolute atomic E-state index is 11.6. The Bertz CT molecular complexity index is 218. The Hall–Kier alpha value is -0.570. The summed E-state index contributed by atoms with van der Waals surface area (Å²) >= 11 is 0. The minimum Gasteiger partial charge on any atom is -0.465 e. The molecule has 2 aliphatic rings. The molecule has 0 amide bonds. The molecule has 0 spiro atoms. The molecule has 0 aromatic carbocycles. The molecule has 2 fully saturated rings. The molecule has 1 aliphatic heterocycles. The summed E-state index contributed by atoms with van der Waals surface area (Å²) in [6, 6.07) is 0.574. The third-order valence-corrected chi connectivity index (χ3v) is 3.81. The van der Waals surface area contributed by atoms with Gasteiger partial charge in [-0.2, -0.15) is 0 Å². The lowest BCUT2D eigenvalue weighted by Gasteiger charge is -2.23. The van der Waals surface area contributed by atoms with Crippen LogP contribution < -0.4 is 5.32 Å². The quantitative estimate of drug-likeness (QED) is 0.746. The van der Waals surface area contributed by atoms with E-state index in [4.69, 9.17) is 4.74 Å². The average molecular weight is 225 g/mol. The number of esters is 1. The van der Waals surface area contributed by atoms with Crippen LogP contribution >= 0.6 is 0 Å². The lowest BCUT2D eigenvalue weighted by atomic mass is 10.0. The number of hydrogen-bond donors (Lipinski definition) is 1. The summed E-state index contributed by atoms with van der Waals surface area (Å²) in [6.07, 6.45) is 9.31.